The summed E-state index contributed by atoms with van der Waals surface area (Å²) >= 11 is 0. The predicted octanol–water partition coefficient (Wildman–Crippen LogP) is 6.15. The first-order valence-corrected chi connectivity index (χ1v) is 10.2. The van der Waals surface area contributed by atoms with Gasteiger partial charge in [0.15, 0.2) is 5.78 Å². The number of benzene rings is 3. The molecule has 3 aromatic rings. The number of carbonyl (C=O) groups excluding carboxylic acids is 1. The zero-order valence-corrected chi connectivity index (χ0v) is 17.9. The normalized spacial score (nSPS) is 11.7. The number of methoxy groups -OCH3 is 1. The maximum Gasteiger partial charge on any atom is 0.271 e. The molecule has 0 aliphatic heterocycles. The highest BCUT2D eigenvalue weighted by Gasteiger charge is 2.19. The van der Waals surface area contributed by atoms with Crippen LogP contribution < -0.4 is 10.1 Å². The maximum atomic E-state index is 13.0. The van der Waals surface area contributed by atoms with Gasteiger partial charge in [-0.05, 0) is 47.4 Å². The Bertz CT molecular complexity index is 1040. The fraction of sp³-hybridized carbons (Fsp3) is 0.240. The highest BCUT2D eigenvalue weighted by atomic mass is 16.6. The number of nitrogens with one attached hydrogen (secondary N) is 1. The van der Waals surface area contributed by atoms with Crippen LogP contribution in [0.5, 0.6) is 5.75 Å². The second-order valence-electron chi connectivity index (χ2n) is 7.68. The van der Waals surface area contributed by atoms with Gasteiger partial charge in [-0.1, -0.05) is 44.2 Å². The van der Waals surface area contributed by atoms with Crippen LogP contribution in [0.1, 0.15) is 53.7 Å². The van der Waals surface area contributed by atoms with Crippen LogP contribution in [0.3, 0.4) is 0 Å². The number of nitrogens with zero attached hydrogens (tertiary/aromatic N) is 1. The minimum Gasteiger partial charge on any atom is -0.497 e. The SMILES string of the molecule is COc1ccc(C(=O)CC(Nc2cccc([N+](=O)[O-])c2)c2ccc(C(C)C)cc2)cc1. The lowest BCUT2D eigenvalue weighted by Crippen LogP contribution is -2.16. The molecule has 160 valence electrons. The Hall–Kier alpha value is -3.67. The lowest BCUT2D eigenvalue weighted by atomic mass is 9.94. The Morgan fingerprint density at radius 2 is 1.65 bits per heavy atom. The van der Waals surface area contributed by atoms with Crippen molar-refractivity contribution in [2.45, 2.75) is 32.2 Å². The molecular weight excluding hydrogens is 392 g/mol. The number of ether oxygens (including phenoxy) is 1. The molecule has 0 aliphatic rings. The smallest absolute Gasteiger partial charge is 0.271 e. The molecule has 6 nitrogen and oxygen atoms in total. The van der Waals surface area contributed by atoms with E-state index in [1.54, 1.807) is 43.5 Å². The second kappa shape index (κ2) is 9.89. The van der Waals surface area contributed by atoms with E-state index in [-0.39, 0.29) is 23.9 Å². The van der Waals surface area contributed by atoms with E-state index in [1.165, 1.54) is 17.7 Å². The Kier molecular flexibility index (Phi) is 7.03. The number of nitro groups is 1. The standard InChI is InChI=1S/C25H26N2O4/c1-17(2)18-7-9-19(10-8-18)24(26-21-5-4-6-22(15-21)27(29)30)16-25(28)20-11-13-23(31-3)14-12-20/h4-15,17,24,26H,16H2,1-3H3. The van der Waals surface area contributed by atoms with Gasteiger partial charge in [-0.2, -0.15) is 0 Å². The molecule has 0 saturated carbocycles. The van der Waals surface area contributed by atoms with E-state index >= 15 is 0 Å². The minimum atomic E-state index is -0.430. The van der Waals surface area contributed by atoms with Crippen LogP contribution >= 0.6 is 0 Å². The van der Waals surface area contributed by atoms with Crippen molar-refractivity contribution in [2.75, 3.05) is 12.4 Å². The molecule has 0 heterocycles. The topological polar surface area (TPSA) is 81.5 Å². The first-order chi connectivity index (χ1) is 14.9. The number of nitro benzene ring substituents is 1. The molecule has 6 heteroatoms. The summed E-state index contributed by atoms with van der Waals surface area (Å²) < 4.78 is 5.16. The van der Waals surface area contributed by atoms with Gasteiger partial charge in [0.1, 0.15) is 5.75 Å². The molecule has 3 aromatic carbocycles. The van der Waals surface area contributed by atoms with Crippen molar-refractivity contribution in [3.8, 4) is 5.75 Å². The third-order valence-corrected chi connectivity index (χ3v) is 5.20. The molecule has 31 heavy (non-hydrogen) atoms. The largest absolute Gasteiger partial charge is 0.497 e. The molecule has 1 atom stereocenters. The first kappa shape index (κ1) is 22.0. The Morgan fingerprint density at radius 3 is 2.23 bits per heavy atom. The van der Waals surface area contributed by atoms with Gasteiger partial charge >= 0.3 is 0 Å². The molecule has 0 amide bonds. The van der Waals surface area contributed by atoms with E-state index < -0.39 is 4.92 Å². The summed E-state index contributed by atoms with van der Waals surface area (Å²) in [5.74, 6) is 1.06. The Balaban J connectivity index is 1.88. The number of hydrogen-bond acceptors (Lipinski definition) is 5. The van der Waals surface area contributed by atoms with Gasteiger partial charge < -0.3 is 10.1 Å². The van der Waals surface area contributed by atoms with Crippen molar-refractivity contribution in [2.24, 2.45) is 0 Å². The van der Waals surface area contributed by atoms with Crippen LogP contribution in [0, 0.1) is 10.1 Å². The summed E-state index contributed by atoms with van der Waals surface area (Å²) in [6, 6.07) is 21.1. The van der Waals surface area contributed by atoms with Gasteiger partial charge in [0.05, 0.1) is 18.1 Å². The molecule has 0 aliphatic carbocycles. The van der Waals surface area contributed by atoms with Crippen LogP contribution in [-0.2, 0) is 0 Å². The van der Waals surface area contributed by atoms with E-state index in [0.717, 1.165) is 5.56 Å². The van der Waals surface area contributed by atoms with E-state index in [4.69, 9.17) is 4.74 Å². The molecule has 0 spiro atoms. The fourth-order valence-electron chi connectivity index (χ4n) is 3.36. The third kappa shape index (κ3) is 5.69. The molecule has 0 saturated heterocycles. The van der Waals surface area contributed by atoms with Gasteiger partial charge in [-0.15, -0.1) is 0 Å². The summed E-state index contributed by atoms with van der Waals surface area (Å²) in [5, 5.41) is 14.5. The van der Waals surface area contributed by atoms with E-state index in [9.17, 15) is 14.9 Å². The van der Waals surface area contributed by atoms with Gasteiger partial charge in [0, 0.05) is 29.8 Å². The number of non-ortho nitro benzene ring substituents is 1. The van der Waals surface area contributed by atoms with Crippen molar-refractivity contribution in [3.63, 3.8) is 0 Å². The van der Waals surface area contributed by atoms with Gasteiger partial charge in [-0.3, -0.25) is 14.9 Å². The number of carbonyl (C=O) groups is 1. The number of anilines is 1. The predicted molar refractivity (Wildman–Crippen MR) is 122 cm³/mol. The Morgan fingerprint density at radius 1 is 1.00 bits per heavy atom. The van der Waals surface area contributed by atoms with Gasteiger partial charge in [0.2, 0.25) is 0 Å². The summed E-state index contributed by atoms with van der Waals surface area (Å²) in [4.78, 5) is 23.7. The van der Waals surface area contributed by atoms with Crippen LogP contribution in [0.15, 0.2) is 72.8 Å². The van der Waals surface area contributed by atoms with Crippen molar-refractivity contribution < 1.29 is 14.5 Å². The molecule has 0 aromatic heterocycles. The molecular formula is C25H26N2O4. The molecule has 3 rings (SSSR count). The number of Topliss-reactive ketones (excluding diaryl/α,β-unsaturated/α-hetero) is 1. The average Bonchev–Trinajstić information content (AvgIpc) is 2.79. The lowest BCUT2D eigenvalue weighted by molar-refractivity contribution is -0.384. The van der Waals surface area contributed by atoms with Crippen molar-refractivity contribution >= 4 is 17.2 Å². The fourth-order valence-corrected chi connectivity index (χ4v) is 3.36. The number of ketones is 1. The van der Waals surface area contributed by atoms with Crippen molar-refractivity contribution in [1.29, 1.82) is 0 Å². The first-order valence-electron chi connectivity index (χ1n) is 10.2. The van der Waals surface area contributed by atoms with Crippen LogP contribution in [-0.4, -0.2) is 17.8 Å². The van der Waals surface area contributed by atoms with Crippen molar-refractivity contribution in [3.05, 3.63) is 99.6 Å². The summed E-state index contributed by atoms with van der Waals surface area (Å²) in [5.41, 5.74) is 3.33. The summed E-state index contributed by atoms with van der Waals surface area (Å²) in [6.45, 7) is 4.25. The summed E-state index contributed by atoms with van der Waals surface area (Å²) in [7, 11) is 1.58. The lowest BCUT2D eigenvalue weighted by Gasteiger charge is -2.21. The zero-order valence-electron chi connectivity index (χ0n) is 17.9. The molecule has 1 N–H and O–H groups in total. The van der Waals surface area contributed by atoms with Crippen LogP contribution in [0.25, 0.3) is 0 Å². The Labute approximate surface area is 182 Å². The minimum absolute atomic E-state index is 0.000358. The molecule has 0 fully saturated rings. The number of rotatable bonds is 9. The van der Waals surface area contributed by atoms with Crippen molar-refractivity contribution in [1.82, 2.24) is 0 Å². The van der Waals surface area contributed by atoms with Crippen LogP contribution in [0.2, 0.25) is 0 Å². The van der Waals surface area contributed by atoms with E-state index in [2.05, 4.69) is 31.3 Å². The quantitative estimate of drug-likeness (QED) is 0.256. The molecule has 1 unspecified atom stereocenters. The molecule has 0 radical (unpaired) electrons. The van der Waals surface area contributed by atoms with Crippen LogP contribution in [0.4, 0.5) is 11.4 Å². The van der Waals surface area contributed by atoms with E-state index in [0.29, 0.717) is 22.9 Å². The second-order valence-corrected chi connectivity index (χ2v) is 7.68. The van der Waals surface area contributed by atoms with E-state index in [1.807, 2.05) is 12.1 Å². The zero-order chi connectivity index (χ0) is 22.4. The summed E-state index contributed by atoms with van der Waals surface area (Å²) in [6.07, 6.45) is 0.204. The average molecular weight is 418 g/mol. The van der Waals surface area contributed by atoms with Gasteiger partial charge in [0.25, 0.3) is 5.69 Å². The monoisotopic (exact) mass is 418 g/mol. The highest BCUT2D eigenvalue weighted by molar-refractivity contribution is 5.96. The molecule has 0 bridgehead atoms. The third-order valence-electron chi connectivity index (χ3n) is 5.20. The highest BCUT2D eigenvalue weighted by Crippen LogP contribution is 2.28. The maximum absolute atomic E-state index is 13.0. The number of hydrogen-bond donors (Lipinski definition) is 1. The van der Waals surface area contributed by atoms with Gasteiger partial charge in [-0.25, -0.2) is 0 Å².